The summed E-state index contributed by atoms with van der Waals surface area (Å²) in [6.45, 7) is 4.11. The number of halogens is 1. The van der Waals surface area contributed by atoms with Crippen LogP contribution in [0.3, 0.4) is 0 Å². The zero-order chi connectivity index (χ0) is 14.7. The maximum absolute atomic E-state index is 6.05. The molecule has 0 amide bonds. The van der Waals surface area contributed by atoms with Crippen molar-refractivity contribution in [3.8, 4) is 22.6 Å². The normalized spacial score (nSPS) is 22.6. The summed E-state index contributed by atoms with van der Waals surface area (Å²) in [5.74, 6) is 2.08. The van der Waals surface area contributed by atoms with Gasteiger partial charge < -0.3 is 19.7 Å². The average Bonchev–Trinajstić information content (AvgIpc) is 3.10. The first kappa shape index (κ1) is 13.0. The van der Waals surface area contributed by atoms with Crippen molar-refractivity contribution < 1.29 is 14.0 Å². The van der Waals surface area contributed by atoms with Crippen LogP contribution in [0.4, 0.5) is 5.88 Å². The van der Waals surface area contributed by atoms with Gasteiger partial charge in [-0.25, -0.2) is 0 Å². The molecule has 5 nitrogen and oxygen atoms in total. The molecule has 0 fully saturated rings. The summed E-state index contributed by atoms with van der Waals surface area (Å²) >= 11 is 3.68. The number of nitrogen functional groups attached to an aromatic ring is 1. The molecule has 2 aliphatic rings. The van der Waals surface area contributed by atoms with Gasteiger partial charge in [-0.15, -0.1) is 0 Å². The first-order chi connectivity index (χ1) is 10.1. The molecule has 2 aromatic rings. The topological polar surface area (TPSA) is 70.5 Å². The molecule has 2 N–H and O–H groups in total. The Morgan fingerprint density at radius 1 is 1.14 bits per heavy atom. The lowest BCUT2D eigenvalue weighted by Crippen LogP contribution is -2.07. The van der Waals surface area contributed by atoms with E-state index in [4.69, 9.17) is 19.7 Å². The summed E-state index contributed by atoms with van der Waals surface area (Å²) in [5.41, 5.74) is 9.92. The van der Waals surface area contributed by atoms with E-state index in [-0.39, 0.29) is 12.2 Å². The Morgan fingerprint density at radius 2 is 1.81 bits per heavy atom. The van der Waals surface area contributed by atoms with E-state index >= 15 is 0 Å². The minimum atomic E-state index is 0.135. The molecular formula is C15H15BrN2O3. The zero-order valence-electron chi connectivity index (χ0n) is 11.8. The quantitative estimate of drug-likeness (QED) is 0.853. The molecule has 1 aromatic carbocycles. The van der Waals surface area contributed by atoms with Crippen molar-refractivity contribution in [2.24, 2.45) is 0 Å². The standard InChI is InChI=1S/C15H15BrN2O3/c1-6-3-8-11(10-5-18-21-15(10)17)13-9(4-7(2)19-13)12(16)14(8)20-6/h5-7H,3-4,17H2,1-2H3. The number of rotatable bonds is 1. The fourth-order valence-corrected chi connectivity index (χ4v) is 3.86. The van der Waals surface area contributed by atoms with Crippen molar-refractivity contribution in [3.63, 3.8) is 0 Å². The van der Waals surface area contributed by atoms with E-state index in [1.54, 1.807) is 6.20 Å². The van der Waals surface area contributed by atoms with Crippen molar-refractivity contribution in [2.75, 3.05) is 5.73 Å². The molecule has 0 aliphatic carbocycles. The number of nitrogens with two attached hydrogens (primary N) is 1. The Kier molecular flexibility index (Phi) is 2.73. The molecule has 2 unspecified atom stereocenters. The Morgan fingerprint density at radius 3 is 2.48 bits per heavy atom. The van der Waals surface area contributed by atoms with E-state index in [1.165, 1.54) is 0 Å². The van der Waals surface area contributed by atoms with E-state index in [0.717, 1.165) is 51.1 Å². The Hall–Kier alpha value is -1.69. The lowest BCUT2D eigenvalue weighted by Gasteiger charge is -2.14. The number of aromatic nitrogens is 1. The molecule has 0 saturated carbocycles. The van der Waals surface area contributed by atoms with Crippen molar-refractivity contribution in [1.82, 2.24) is 5.16 Å². The van der Waals surface area contributed by atoms with E-state index in [0.29, 0.717) is 5.88 Å². The second-order valence-corrected chi connectivity index (χ2v) is 6.47. The molecule has 21 heavy (non-hydrogen) atoms. The van der Waals surface area contributed by atoms with Gasteiger partial charge >= 0.3 is 0 Å². The van der Waals surface area contributed by atoms with Gasteiger partial charge in [-0.05, 0) is 29.8 Å². The van der Waals surface area contributed by atoms with Crippen LogP contribution in [0, 0.1) is 0 Å². The lowest BCUT2D eigenvalue weighted by molar-refractivity contribution is 0.253. The highest BCUT2D eigenvalue weighted by molar-refractivity contribution is 9.10. The van der Waals surface area contributed by atoms with Crippen LogP contribution in [-0.2, 0) is 12.8 Å². The fourth-order valence-electron chi connectivity index (χ4n) is 3.18. The third kappa shape index (κ3) is 1.78. The van der Waals surface area contributed by atoms with Crippen molar-refractivity contribution in [3.05, 3.63) is 21.8 Å². The Labute approximate surface area is 130 Å². The maximum atomic E-state index is 6.05. The van der Waals surface area contributed by atoms with Crippen molar-refractivity contribution >= 4 is 21.8 Å². The van der Waals surface area contributed by atoms with Crippen LogP contribution in [0.5, 0.6) is 11.5 Å². The number of hydrogen-bond donors (Lipinski definition) is 1. The third-order valence-electron chi connectivity index (χ3n) is 4.03. The van der Waals surface area contributed by atoms with Crippen LogP contribution in [0.2, 0.25) is 0 Å². The van der Waals surface area contributed by atoms with Gasteiger partial charge in [0.15, 0.2) is 0 Å². The summed E-state index contributed by atoms with van der Waals surface area (Å²) in [5, 5.41) is 3.80. The maximum Gasteiger partial charge on any atom is 0.230 e. The van der Waals surface area contributed by atoms with Crippen LogP contribution >= 0.6 is 15.9 Å². The predicted octanol–water partition coefficient (Wildman–Crippen LogP) is 3.33. The van der Waals surface area contributed by atoms with Crippen LogP contribution in [0.1, 0.15) is 25.0 Å². The summed E-state index contributed by atoms with van der Waals surface area (Å²) in [7, 11) is 0. The first-order valence-electron chi connectivity index (χ1n) is 6.97. The Bertz CT molecular complexity index is 702. The highest BCUT2D eigenvalue weighted by Gasteiger charge is 2.36. The summed E-state index contributed by atoms with van der Waals surface area (Å²) in [6, 6.07) is 0. The second-order valence-electron chi connectivity index (χ2n) is 5.67. The van der Waals surface area contributed by atoms with Crippen molar-refractivity contribution in [2.45, 2.75) is 38.9 Å². The molecule has 2 aliphatic heterocycles. The van der Waals surface area contributed by atoms with E-state index in [2.05, 4.69) is 34.9 Å². The van der Waals surface area contributed by atoms with E-state index in [9.17, 15) is 0 Å². The second kappa shape index (κ2) is 4.40. The molecule has 2 atom stereocenters. The van der Waals surface area contributed by atoms with E-state index < -0.39 is 0 Å². The largest absolute Gasteiger partial charge is 0.489 e. The highest BCUT2D eigenvalue weighted by atomic mass is 79.9. The van der Waals surface area contributed by atoms with Gasteiger partial charge in [-0.3, -0.25) is 0 Å². The van der Waals surface area contributed by atoms with Crippen molar-refractivity contribution in [1.29, 1.82) is 0 Å². The first-order valence-corrected chi connectivity index (χ1v) is 7.76. The van der Waals surface area contributed by atoms with E-state index in [1.807, 2.05) is 0 Å². The van der Waals surface area contributed by atoms with Crippen LogP contribution in [-0.4, -0.2) is 17.4 Å². The summed E-state index contributed by atoms with van der Waals surface area (Å²) in [4.78, 5) is 0. The number of ether oxygens (including phenoxy) is 2. The third-order valence-corrected chi connectivity index (χ3v) is 4.87. The van der Waals surface area contributed by atoms with Gasteiger partial charge in [-0.1, -0.05) is 5.16 Å². The number of anilines is 1. The van der Waals surface area contributed by atoms with Gasteiger partial charge in [-0.2, -0.15) is 0 Å². The summed E-state index contributed by atoms with van der Waals surface area (Å²) < 4.78 is 18.1. The molecule has 4 rings (SSSR count). The predicted molar refractivity (Wildman–Crippen MR) is 81.6 cm³/mol. The average molecular weight is 351 g/mol. The van der Waals surface area contributed by atoms with Gasteiger partial charge in [0, 0.05) is 29.5 Å². The monoisotopic (exact) mass is 350 g/mol. The van der Waals surface area contributed by atoms with Gasteiger partial charge in [0.25, 0.3) is 0 Å². The smallest absolute Gasteiger partial charge is 0.230 e. The molecule has 0 bridgehead atoms. The van der Waals surface area contributed by atoms with Gasteiger partial charge in [0.05, 0.1) is 16.2 Å². The van der Waals surface area contributed by atoms with Crippen LogP contribution in [0.15, 0.2) is 15.2 Å². The molecule has 110 valence electrons. The van der Waals surface area contributed by atoms with Gasteiger partial charge in [0.1, 0.15) is 23.7 Å². The molecular weight excluding hydrogens is 336 g/mol. The summed E-state index contributed by atoms with van der Waals surface area (Å²) in [6.07, 6.45) is 3.58. The van der Waals surface area contributed by atoms with Gasteiger partial charge in [0.2, 0.25) is 5.88 Å². The molecule has 0 spiro atoms. The number of benzene rings is 1. The molecule has 1 aromatic heterocycles. The van der Waals surface area contributed by atoms with Crippen LogP contribution in [0.25, 0.3) is 11.1 Å². The minimum Gasteiger partial charge on any atom is -0.489 e. The minimum absolute atomic E-state index is 0.135. The SMILES string of the molecule is CC1Cc2c(c(Br)c3c(c2-c2cnoc2N)OC(C)C3)O1. The number of hydrogen-bond acceptors (Lipinski definition) is 5. The molecule has 6 heteroatoms. The molecule has 3 heterocycles. The highest BCUT2D eigenvalue weighted by Crippen LogP contribution is 2.53. The lowest BCUT2D eigenvalue weighted by atomic mass is 9.94. The van der Waals surface area contributed by atoms with Crippen LogP contribution < -0.4 is 15.2 Å². The zero-order valence-corrected chi connectivity index (χ0v) is 13.4. The number of fused-ring (bicyclic) bond motifs is 2. The fraction of sp³-hybridized carbons (Fsp3) is 0.400. The Balaban J connectivity index is 2.04. The number of nitrogens with zero attached hydrogens (tertiary/aromatic N) is 1. The molecule has 0 saturated heterocycles. The molecule has 0 radical (unpaired) electrons.